The first-order chi connectivity index (χ1) is 13.2. The number of benzene rings is 2. The third-order valence-electron chi connectivity index (χ3n) is 4.27. The Hall–Kier alpha value is -3.34. The van der Waals surface area contributed by atoms with Crippen molar-refractivity contribution < 1.29 is 9.53 Å². The molecule has 138 valence electrons. The highest BCUT2D eigenvalue weighted by Crippen LogP contribution is 2.15. The third-order valence-corrected chi connectivity index (χ3v) is 4.27. The Balaban J connectivity index is 1.56. The first-order valence-electron chi connectivity index (χ1n) is 8.91. The Morgan fingerprint density at radius 3 is 2.19 bits per heavy atom. The Labute approximate surface area is 159 Å². The third kappa shape index (κ3) is 5.07. The van der Waals surface area contributed by atoms with Crippen LogP contribution in [0.5, 0.6) is 5.75 Å². The van der Waals surface area contributed by atoms with Gasteiger partial charge < -0.3 is 15.4 Å². The molecule has 0 aliphatic heterocycles. The van der Waals surface area contributed by atoms with E-state index in [0.29, 0.717) is 12.2 Å². The number of carbonyl (C=O) groups excluding carboxylic acids is 1. The summed E-state index contributed by atoms with van der Waals surface area (Å²) in [5.74, 6) is 0.612. The van der Waals surface area contributed by atoms with Crippen molar-refractivity contribution in [3.8, 4) is 5.75 Å². The number of ether oxygens (including phenoxy) is 1. The van der Waals surface area contributed by atoms with Crippen LogP contribution in [0.2, 0.25) is 0 Å². The van der Waals surface area contributed by atoms with Crippen molar-refractivity contribution in [1.82, 2.24) is 4.98 Å². The van der Waals surface area contributed by atoms with Gasteiger partial charge in [-0.3, -0.25) is 4.79 Å². The van der Waals surface area contributed by atoms with E-state index in [2.05, 4.69) is 22.5 Å². The number of anilines is 2. The zero-order chi connectivity index (χ0) is 19.1. The maximum absolute atomic E-state index is 12.3. The summed E-state index contributed by atoms with van der Waals surface area (Å²) in [5, 5.41) is 6.16. The Morgan fingerprint density at radius 1 is 0.926 bits per heavy atom. The van der Waals surface area contributed by atoms with Crippen LogP contribution >= 0.6 is 0 Å². The van der Waals surface area contributed by atoms with E-state index in [1.54, 1.807) is 19.4 Å². The predicted molar refractivity (Wildman–Crippen MR) is 108 cm³/mol. The molecule has 1 aromatic heterocycles. The molecule has 1 heterocycles. The number of nitrogens with one attached hydrogen (secondary N) is 2. The Morgan fingerprint density at radius 2 is 1.59 bits per heavy atom. The van der Waals surface area contributed by atoms with Gasteiger partial charge in [-0.05, 0) is 53.9 Å². The van der Waals surface area contributed by atoms with Crippen LogP contribution < -0.4 is 15.4 Å². The van der Waals surface area contributed by atoms with E-state index in [4.69, 9.17) is 4.74 Å². The zero-order valence-corrected chi connectivity index (χ0v) is 15.5. The average Bonchev–Trinajstić information content (AvgIpc) is 2.73. The quantitative estimate of drug-likeness (QED) is 0.650. The van der Waals surface area contributed by atoms with Gasteiger partial charge in [-0.1, -0.05) is 31.2 Å². The lowest BCUT2D eigenvalue weighted by molar-refractivity contribution is 0.102. The Bertz CT molecular complexity index is 873. The molecule has 1 amide bonds. The van der Waals surface area contributed by atoms with Gasteiger partial charge in [-0.2, -0.15) is 0 Å². The van der Waals surface area contributed by atoms with Crippen LogP contribution in [0, 0.1) is 0 Å². The molecule has 0 spiro atoms. The lowest BCUT2D eigenvalue weighted by Gasteiger charge is -2.09. The fraction of sp³-hybridized carbons (Fsp3) is 0.182. The van der Waals surface area contributed by atoms with Gasteiger partial charge in [0.2, 0.25) is 0 Å². The molecule has 3 rings (SSSR count). The number of hydrogen-bond donors (Lipinski definition) is 2. The summed E-state index contributed by atoms with van der Waals surface area (Å²) < 4.78 is 5.15. The highest BCUT2D eigenvalue weighted by Gasteiger charge is 2.07. The van der Waals surface area contributed by atoms with Gasteiger partial charge in [0, 0.05) is 12.2 Å². The minimum atomic E-state index is -0.221. The molecule has 0 aliphatic rings. The van der Waals surface area contributed by atoms with Crippen molar-refractivity contribution in [2.24, 2.45) is 0 Å². The number of methoxy groups -OCH3 is 1. The molecule has 2 aromatic carbocycles. The van der Waals surface area contributed by atoms with Gasteiger partial charge in [0.1, 0.15) is 11.4 Å². The smallest absolute Gasteiger partial charge is 0.274 e. The summed E-state index contributed by atoms with van der Waals surface area (Å²) in [6.45, 7) is 2.77. The molecule has 0 fully saturated rings. The van der Waals surface area contributed by atoms with Crippen molar-refractivity contribution in [2.75, 3.05) is 17.7 Å². The van der Waals surface area contributed by atoms with Gasteiger partial charge in [-0.25, -0.2) is 4.98 Å². The van der Waals surface area contributed by atoms with Crippen LogP contribution in [0.1, 0.15) is 28.5 Å². The largest absolute Gasteiger partial charge is 0.497 e. The topological polar surface area (TPSA) is 63.2 Å². The SMILES string of the molecule is CCc1ccc(NC(=O)c2ccc(NCc3ccc(OC)cc3)cn2)cc1. The maximum atomic E-state index is 12.3. The molecule has 0 saturated carbocycles. The summed E-state index contributed by atoms with van der Waals surface area (Å²) in [7, 11) is 1.65. The van der Waals surface area contributed by atoms with E-state index >= 15 is 0 Å². The van der Waals surface area contributed by atoms with Crippen molar-refractivity contribution >= 4 is 17.3 Å². The van der Waals surface area contributed by atoms with E-state index in [-0.39, 0.29) is 5.91 Å². The first kappa shape index (κ1) is 18.5. The number of aromatic nitrogens is 1. The fourth-order valence-electron chi connectivity index (χ4n) is 2.60. The first-order valence-corrected chi connectivity index (χ1v) is 8.91. The molecule has 0 aliphatic carbocycles. The fourth-order valence-corrected chi connectivity index (χ4v) is 2.60. The van der Waals surface area contributed by atoms with E-state index in [1.807, 2.05) is 54.6 Å². The van der Waals surface area contributed by atoms with Crippen LogP contribution in [-0.4, -0.2) is 18.0 Å². The monoisotopic (exact) mass is 361 g/mol. The van der Waals surface area contributed by atoms with E-state index in [0.717, 1.165) is 29.1 Å². The summed E-state index contributed by atoms with van der Waals surface area (Å²) >= 11 is 0. The average molecular weight is 361 g/mol. The second-order valence-electron chi connectivity index (χ2n) is 6.14. The molecule has 2 N–H and O–H groups in total. The lowest BCUT2D eigenvalue weighted by atomic mass is 10.1. The van der Waals surface area contributed by atoms with Crippen molar-refractivity contribution in [3.63, 3.8) is 0 Å². The molecule has 0 saturated heterocycles. The second kappa shape index (κ2) is 8.85. The normalized spacial score (nSPS) is 10.3. The molecule has 5 heteroatoms. The summed E-state index contributed by atoms with van der Waals surface area (Å²) in [6, 6.07) is 19.3. The summed E-state index contributed by atoms with van der Waals surface area (Å²) in [4.78, 5) is 16.6. The standard InChI is InChI=1S/C22H23N3O2/c1-3-16-4-8-18(9-5-16)25-22(26)21-13-10-19(15-24-21)23-14-17-6-11-20(27-2)12-7-17/h4-13,15,23H,3,14H2,1-2H3,(H,25,26). The van der Waals surface area contributed by atoms with Crippen LogP contribution in [0.4, 0.5) is 11.4 Å². The van der Waals surface area contributed by atoms with Crippen LogP contribution in [-0.2, 0) is 13.0 Å². The van der Waals surface area contributed by atoms with Crippen molar-refractivity contribution in [3.05, 3.63) is 83.7 Å². The highest BCUT2D eigenvalue weighted by molar-refractivity contribution is 6.02. The van der Waals surface area contributed by atoms with E-state index in [9.17, 15) is 4.79 Å². The second-order valence-corrected chi connectivity index (χ2v) is 6.14. The van der Waals surface area contributed by atoms with Crippen LogP contribution in [0.3, 0.4) is 0 Å². The molecule has 5 nitrogen and oxygen atoms in total. The summed E-state index contributed by atoms with van der Waals surface area (Å²) in [5.41, 5.74) is 4.37. The van der Waals surface area contributed by atoms with E-state index < -0.39 is 0 Å². The molecule has 27 heavy (non-hydrogen) atoms. The number of carbonyl (C=O) groups is 1. The number of aryl methyl sites for hydroxylation is 1. The molecule has 0 radical (unpaired) electrons. The Kier molecular flexibility index (Phi) is 6.05. The number of rotatable bonds is 7. The number of pyridine rings is 1. The predicted octanol–water partition coefficient (Wildman–Crippen LogP) is 4.52. The minimum absolute atomic E-state index is 0.221. The van der Waals surface area contributed by atoms with Gasteiger partial charge in [0.05, 0.1) is 19.0 Å². The number of nitrogens with zero attached hydrogens (tertiary/aromatic N) is 1. The zero-order valence-electron chi connectivity index (χ0n) is 15.5. The molecular weight excluding hydrogens is 338 g/mol. The number of hydrogen-bond acceptors (Lipinski definition) is 4. The van der Waals surface area contributed by atoms with E-state index in [1.165, 1.54) is 5.56 Å². The summed E-state index contributed by atoms with van der Waals surface area (Å²) in [6.07, 6.45) is 2.64. The molecular formula is C22H23N3O2. The van der Waals surface area contributed by atoms with Gasteiger partial charge >= 0.3 is 0 Å². The van der Waals surface area contributed by atoms with Crippen molar-refractivity contribution in [2.45, 2.75) is 19.9 Å². The molecule has 0 atom stereocenters. The molecule has 3 aromatic rings. The van der Waals surface area contributed by atoms with Gasteiger partial charge in [0.25, 0.3) is 5.91 Å². The lowest BCUT2D eigenvalue weighted by Crippen LogP contribution is -2.13. The minimum Gasteiger partial charge on any atom is -0.497 e. The molecule has 0 bridgehead atoms. The molecule has 0 unspecified atom stereocenters. The number of amides is 1. The van der Waals surface area contributed by atoms with Crippen LogP contribution in [0.15, 0.2) is 66.9 Å². The van der Waals surface area contributed by atoms with Gasteiger partial charge in [0.15, 0.2) is 0 Å². The van der Waals surface area contributed by atoms with Crippen LogP contribution in [0.25, 0.3) is 0 Å². The maximum Gasteiger partial charge on any atom is 0.274 e. The van der Waals surface area contributed by atoms with Gasteiger partial charge in [-0.15, -0.1) is 0 Å². The van der Waals surface area contributed by atoms with Crippen molar-refractivity contribution in [1.29, 1.82) is 0 Å². The highest BCUT2D eigenvalue weighted by atomic mass is 16.5.